The fraction of sp³-hybridized carbons (Fsp3) is 0.118. The molecule has 0 saturated carbocycles. The number of hydrogen-bond donors (Lipinski definition) is 0. The van der Waals surface area contributed by atoms with Crippen LogP contribution in [0.25, 0.3) is 136 Å². The fourth-order valence-corrected chi connectivity index (χ4v) is 19.0. The van der Waals surface area contributed by atoms with Gasteiger partial charge in [0.25, 0.3) is 6.71 Å². The number of rotatable bonds is 5. The van der Waals surface area contributed by atoms with E-state index in [0.29, 0.717) is 11.4 Å². The summed E-state index contributed by atoms with van der Waals surface area (Å²) in [5, 5.41) is 2.19. The van der Waals surface area contributed by atoms with Crippen LogP contribution in [-0.2, 0) is 16.2 Å². The van der Waals surface area contributed by atoms with E-state index in [0.717, 1.165) is 134 Å². The molecule has 5 heteroatoms. The number of anilines is 6. The first-order valence-corrected chi connectivity index (χ1v) is 38.5. The second-order valence-electron chi connectivity index (χ2n) is 32.0. The molecule has 0 fully saturated rings. The van der Waals surface area contributed by atoms with Gasteiger partial charge in [0.2, 0.25) is 0 Å². The van der Waals surface area contributed by atoms with Crippen molar-refractivity contribution in [2.75, 3.05) is 9.80 Å². The molecule has 0 unspecified atom stereocenters. The van der Waals surface area contributed by atoms with E-state index in [1.807, 2.05) is 18.2 Å². The number of fused-ring (bicyclic) bond motifs is 23. The molecule has 13 bridgehead atoms. The fourth-order valence-electron chi connectivity index (χ4n) is 16.7. The Morgan fingerprint density at radius 1 is 0.299 bits per heavy atom. The van der Waals surface area contributed by atoms with E-state index in [9.17, 15) is 12.3 Å². The van der Waals surface area contributed by atoms with Crippen molar-refractivity contribution >= 4 is 113 Å². The van der Waals surface area contributed by atoms with E-state index >= 15 is 0 Å². The van der Waals surface area contributed by atoms with Crippen LogP contribution in [0.5, 0.6) is 0 Å². The molecule has 0 amide bonds. The number of para-hydroxylation sites is 1. The summed E-state index contributed by atoms with van der Waals surface area (Å²) in [6.07, 6.45) is 0. The first-order valence-electron chi connectivity index (χ1n) is 42.8. The smallest absolute Gasteiger partial charge is 0.0617 e. The Bertz CT molecular complexity index is 7250. The molecule has 15 aromatic carbocycles. The van der Waals surface area contributed by atoms with Crippen LogP contribution in [0.3, 0.4) is 0 Å². The number of nitrogens with zero attached hydrogens (tertiary/aromatic N) is 3. The maximum absolute atomic E-state index is 10.4. The summed E-state index contributed by atoms with van der Waals surface area (Å²) in [6.45, 7) is 19.9. The number of benzene rings is 15. The monoisotopic (exact) mass is 1450 g/mol. The van der Waals surface area contributed by atoms with Crippen molar-refractivity contribution in [3.63, 3.8) is 0 Å². The molecule has 0 saturated heterocycles. The third-order valence-electron chi connectivity index (χ3n) is 22.2. The summed E-state index contributed by atoms with van der Waals surface area (Å²) in [6, 6.07) is 84.3. The molecular formula is C102H80BN3Se. The average molecular weight is 1450 g/mol. The molecule has 107 heavy (non-hydrogen) atoms. The average Bonchev–Trinajstić information content (AvgIpc) is 1.68. The van der Waals surface area contributed by atoms with Crippen LogP contribution >= 0.6 is 0 Å². The minimum Gasteiger partial charge on any atom is -0.0617 e. The van der Waals surface area contributed by atoms with Gasteiger partial charge in [-0.05, 0) is 57.4 Å². The Morgan fingerprint density at radius 3 is 1.32 bits per heavy atom. The molecule has 5 heterocycles. The molecular weight excluding hydrogens is 1360 g/mol. The van der Waals surface area contributed by atoms with Gasteiger partial charge >= 0.3 is 382 Å². The van der Waals surface area contributed by atoms with Gasteiger partial charge in [-0.3, -0.25) is 0 Å². The van der Waals surface area contributed by atoms with E-state index < -0.39 is 101 Å². The molecule has 0 atom stereocenters. The number of aromatic nitrogens is 1. The van der Waals surface area contributed by atoms with Crippen LogP contribution in [0.1, 0.15) is 95.5 Å². The van der Waals surface area contributed by atoms with Gasteiger partial charge in [-0.25, -0.2) is 0 Å². The van der Waals surface area contributed by atoms with Gasteiger partial charge in [0.15, 0.2) is 0 Å². The van der Waals surface area contributed by atoms with Crippen molar-refractivity contribution in [1.82, 2.24) is 4.57 Å². The Kier molecular flexibility index (Phi) is 12.1. The van der Waals surface area contributed by atoms with Crippen LogP contribution in [0.2, 0.25) is 0 Å². The number of hydrogen-bond acceptors (Lipinski definition) is 2. The largest absolute Gasteiger partial charge is 0.0629 e. The maximum Gasteiger partial charge on any atom is 0.0629 e. The molecule has 3 nitrogen and oxygen atoms in total. The second kappa shape index (κ2) is 24.4. The molecule has 0 aliphatic carbocycles. The molecule has 512 valence electrons. The van der Waals surface area contributed by atoms with Crippen molar-refractivity contribution in [3.8, 4) is 94.7 Å². The topological polar surface area (TPSA) is 11.4 Å². The second-order valence-corrected chi connectivity index (χ2v) is 34.2. The van der Waals surface area contributed by atoms with Crippen molar-refractivity contribution in [2.45, 2.75) is 78.6 Å². The van der Waals surface area contributed by atoms with E-state index in [1.165, 1.54) is 24.9 Å². The Morgan fingerprint density at radius 2 is 0.757 bits per heavy atom. The Hall–Kier alpha value is -11.7. The van der Waals surface area contributed by atoms with Gasteiger partial charge < -0.3 is 4.57 Å². The van der Waals surface area contributed by atoms with E-state index in [2.05, 4.69) is 303 Å². The summed E-state index contributed by atoms with van der Waals surface area (Å²) < 4.78 is 119. The first-order chi connectivity index (χ1) is 56.9. The predicted octanol–water partition coefficient (Wildman–Crippen LogP) is 25.8. The van der Waals surface area contributed by atoms with Crippen molar-refractivity contribution < 1.29 is 16.4 Å². The van der Waals surface area contributed by atoms with Crippen LogP contribution in [0.4, 0.5) is 34.1 Å². The summed E-state index contributed by atoms with van der Waals surface area (Å²) in [5.41, 5.74) is 23.8. The van der Waals surface area contributed by atoms with Gasteiger partial charge in [0.1, 0.15) is 0 Å². The Labute approximate surface area is 651 Å². The molecule has 17 aromatic rings. The van der Waals surface area contributed by atoms with Crippen LogP contribution in [-0.4, -0.2) is 25.8 Å². The van der Waals surface area contributed by atoms with E-state index in [-0.39, 0.29) is 41.7 Å². The first kappa shape index (κ1) is 53.1. The molecule has 20 rings (SSSR count). The summed E-state index contributed by atoms with van der Waals surface area (Å²) in [5.74, 6) is 0. The molecule has 3 aliphatic rings. The zero-order valence-electron chi connectivity index (χ0n) is 73.0. The quantitative estimate of drug-likeness (QED) is 0.159. The van der Waals surface area contributed by atoms with Crippen molar-refractivity contribution in [2.24, 2.45) is 0 Å². The minimum absolute atomic E-state index is 0.0640. The van der Waals surface area contributed by atoms with Gasteiger partial charge in [0.05, 0.1) is 27.5 Å². The normalized spacial score (nSPS) is 14.6. The summed E-state index contributed by atoms with van der Waals surface area (Å²) in [7, 11) is 0. The molecule has 0 spiro atoms. The third-order valence-corrected chi connectivity index (χ3v) is 24.7. The molecule has 0 N–H and O–H groups in total. The molecule has 2 aromatic heterocycles. The van der Waals surface area contributed by atoms with Gasteiger partial charge in [-0.2, -0.15) is 0 Å². The van der Waals surface area contributed by atoms with Crippen LogP contribution in [0, 0.1) is 0 Å². The van der Waals surface area contributed by atoms with E-state index in [4.69, 9.17) is 4.11 Å². The zero-order valence-corrected chi connectivity index (χ0v) is 62.7. The van der Waals surface area contributed by atoms with Crippen LogP contribution < -0.4 is 26.2 Å². The summed E-state index contributed by atoms with van der Waals surface area (Å²) in [4.78, 5) is 5.04. The van der Waals surface area contributed by atoms with Gasteiger partial charge in [-0.1, -0.05) is 160 Å². The third kappa shape index (κ3) is 10.7. The zero-order chi connectivity index (χ0) is 82.8. The Balaban J connectivity index is 1.01. The van der Waals surface area contributed by atoms with E-state index in [1.54, 1.807) is 4.57 Å². The molecule has 0 radical (unpaired) electrons. The predicted molar refractivity (Wildman–Crippen MR) is 460 cm³/mol. The van der Waals surface area contributed by atoms with Crippen LogP contribution in [0.15, 0.2) is 321 Å². The van der Waals surface area contributed by atoms with Gasteiger partial charge in [-0.15, -0.1) is 0 Å². The van der Waals surface area contributed by atoms with Crippen molar-refractivity contribution in [3.05, 3.63) is 338 Å². The molecule has 3 aliphatic heterocycles. The van der Waals surface area contributed by atoms with Gasteiger partial charge in [0, 0.05) is 16.5 Å². The maximum atomic E-state index is 10.4. The summed E-state index contributed by atoms with van der Waals surface area (Å²) >= 11 is 0.0640. The minimum atomic E-state index is -0.696. The standard InChI is InChI=1S/C102H80BN3Se/c1-100(2,3)75-56-80(65-30-18-12-19-31-65)98-82(58-75)73-36-24-34-67(50-73)70-42-48-95-85(53-70)86-54-71(43-49-96(86)107-95)68-35-25-37-74(51-68)83-59-76(101(4,5)6)57-81(66-32-20-13-21-33-66)99(83)106-92-62-78(104-89-39-23-22-38-79(89)84-52-69(40-46-90(84)104)63-26-14-10-15-27-63)44-45-87(92)103-88-55-72(64-28-16-11-17-29-64)41-47-91(88)105(98)93-60-77(102(7,8)9)61-94(106)97(93)103/h10-62H,1-9H3/i10D,14D,15D,22D,23D,26D,27D,38D,39D,40D,46D,52D. The SMILES string of the molecule is [2H]c1c([2H])c([2H])c(-c2c([2H])c([2H])c3c(c2[2H])c2c([2H])c([2H])c([2H])c([2H])c2n3-c2ccc3c(c2)N2c4cc(C(C)(C)C)cc5c4B3c3cc(-c4ccccc4)ccc3N5c3c(-c4ccccc4)cc(C(C)(C)C)cc3-c3cccc(c3)-c3ccc4[se]c5ccc(cc5c4c3)-c3cccc(c3)-c3cc(C(C)(C)C)cc(-c4ccccc4)c32)c([2H])c1[2H]. The van der Waals surface area contributed by atoms with Crippen molar-refractivity contribution in [1.29, 1.82) is 0 Å².